The summed E-state index contributed by atoms with van der Waals surface area (Å²) in [5, 5.41) is 16.6. The van der Waals surface area contributed by atoms with Crippen molar-refractivity contribution in [1.29, 1.82) is 0 Å². The number of ether oxygens (including phenoxy) is 1. The van der Waals surface area contributed by atoms with Crippen LogP contribution in [0.3, 0.4) is 0 Å². The molecule has 10 nitrogen and oxygen atoms in total. The highest BCUT2D eigenvalue weighted by Gasteiger charge is 2.23. The van der Waals surface area contributed by atoms with Gasteiger partial charge in [-0.1, -0.05) is 11.8 Å². The maximum absolute atomic E-state index is 10.7. The van der Waals surface area contributed by atoms with Gasteiger partial charge in [0, 0.05) is 55.2 Å². The van der Waals surface area contributed by atoms with Crippen molar-refractivity contribution in [2.45, 2.75) is 19.1 Å². The zero-order chi connectivity index (χ0) is 23.5. The molecule has 0 radical (unpaired) electrons. The zero-order valence-corrected chi connectivity index (χ0v) is 18.7. The summed E-state index contributed by atoms with van der Waals surface area (Å²) in [5.41, 5.74) is 6.82. The Hall–Kier alpha value is -3.91. The molecule has 3 aromatic heterocycles. The minimum Gasteiger partial charge on any atom is -0.379 e. The van der Waals surface area contributed by atoms with Crippen molar-refractivity contribution in [1.82, 2.24) is 34.6 Å². The third kappa shape index (κ3) is 4.58. The molecular weight excluding hydrogens is 432 g/mol. The number of nitrogen functional groups attached to an aromatic ring is 1. The van der Waals surface area contributed by atoms with Crippen LogP contribution in [0.15, 0.2) is 48.9 Å². The highest BCUT2D eigenvalue weighted by atomic mass is 16.5. The predicted molar refractivity (Wildman–Crippen MR) is 126 cm³/mol. The molecule has 1 atom stereocenters. The molecule has 0 spiro atoms. The van der Waals surface area contributed by atoms with Crippen molar-refractivity contribution in [3.05, 3.63) is 66.0 Å². The number of hydrogen-bond acceptors (Lipinski definition) is 9. The highest BCUT2D eigenvalue weighted by Crippen LogP contribution is 2.25. The Morgan fingerprint density at radius 3 is 2.68 bits per heavy atom. The molecule has 1 saturated heterocycles. The van der Waals surface area contributed by atoms with Crippen molar-refractivity contribution in [3.8, 4) is 17.7 Å². The van der Waals surface area contributed by atoms with Crippen LogP contribution in [0.5, 0.6) is 0 Å². The van der Waals surface area contributed by atoms with Gasteiger partial charge in [-0.25, -0.2) is 19.6 Å². The molecule has 0 amide bonds. The average molecular weight is 457 g/mol. The van der Waals surface area contributed by atoms with Crippen LogP contribution in [-0.2, 0) is 16.9 Å². The van der Waals surface area contributed by atoms with E-state index >= 15 is 0 Å². The third-order valence-electron chi connectivity index (χ3n) is 5.56. The van der Waals surface area contributed by atoms with Gasteiger partial charge in [-0.15, -0.1) is 0 Å². The van der Waals surface area contributed by atoms with Crippen LogP contribution in [0, 0.1) is 11.8 Å². The first-order valence-corrected chi connectivity index (χ1v) is 10.9. The number of nitrogens with zero attached hydrogens (tertiary/aromatic N) is 7. The SMILES string of the molecule is CC(O)(C#Cc1ccc2c(CN3CCOCC3)nn(-c3ccnc(N)n3)c2c1)c1ncccn1. The number of morpholine rings is 1. The Morgan fingerprint density at radius 2 is 1.91 bits per heavy atom. The number of aliphatic hydroxyl groups is 1. The minimum absolute atomic E-state index is 0.172. The molecule has 5 rings (SSSR count). The van der Waals surface area contributed by atoms with Crippen LogP contribution in [0.4, 0.5) is 5.95 Å². The molecule has 10 heteroatoms. The number of aromatic nitrogens is 6. The molecule has 1 fully saturated rings. The van der Waals surface area contributed by atoms with Gasteiger partial charge in [0.15, 0.2) is 17.2 Å². The van der Waals surface area contributed by atoms with Gasteiger partial charge >= 0.3 is 0 Å². The van der Waals surface area contributed by atoms with E-state index in [1.165, 1.54) is 0 Å². The molecule has 34 heavy (non-hydrogen) atoms. The standard InChI is InChI=1S/C24H24N8O2/c1-24(33,22-26-8-2-9-27-22)7-5-17-3-4-18-19(16-31-11-13-34-14-12-31)30-32(20(18)15-17)21-6-10-28-23(25)29-21/h2-4,6,8-10,15,33H,11-14,16H2,1H3,(H2,25,28,29). The van der Waals surface area contributed by atoms with Crippen molar-refractivity contribution in [2.75, 3.05) is 32.0 Å². The summed E-state index contributed by atoms with van der Waals surface area (Å²) >= 11 is 0. The lowest BCUT2D eigenvalue weighted by Crippen LogP contribution is -2.35. The topological polar surface area (TPSA) is 128 Å². The number of fused-ring (bicyclic) bond motifs is 1. The summed E-state index contributed by atoms with van der Waals surface area (Å²) in [7, 11) is 0. The molecule has 1 aliphatic rings. The first-order chi connectivity index (χ1) is 16.5. The molecule has 1 aromatic carbocycles. The average Bonchev–Trinajstić information content (AvgIpc) is 3.21. The summed E-state index contributed by atoms with van der Waals surface area (Å²) in [6.45, 7) is 5.41. The fourth-order valence-electron chi connectivity index (χ4n) is 3.80. The Labute approximate surface area is 196 Å². The normalized spacial score (nSPS) is 16.1. The lowest BCUT2D eigenvalue weighted by molar-refractivity contribution is 0.0338. The molecular formula is C24H24N8O2. The van der Waals surface area contributed by atoms with Crippen molar-refractivity contribution in [2.24, 2.45) is 0 Å². The quantitative estimate of drug-likeness (QED) is 0.436. The molecule has 172 valence electrons. The van der Waals surface area contributed by atoms with Gasteiger partial charge in [0.2, 0.25) is 5.95 Å². The van der Waals surface area contributed by atoms with Gasteiger partial charge in [0.25, 0.3) is 0 Å². The lowest BCUT2D eigenvalue weighted by Gasteiger charge is -2.25. The van der Waals surface area contributed by atoms with Gasteiger partial charge in [-0.05, 0) is 31.2 Å². The van der Waals surface area contributed by atoms with E-state index in [1.54, 1.807) is 42.3 Å². The van der Waals surface area contributed by atoms with Crippen LogP contribution in [-0.4, -0.2) is 66.0 Å². The Bertz CT molecular complexity index is 1370. The van der Waals surface area contributed by atoms with Crippen LogP contribution >= 0.6 is 0 Å². The number of nitrogens with two attached hydrogens (primary N) is 1. The highest BCUT2D eigenvalue weighted by molar-refractivity contribution is 5.84. The molecule has 3 N–H and O–H groups in total. The fourth-order valence-corrected chi connectivity index (χ4v) is 3.80. The van der Waals surface area contributed by atoms with Gasteiger partial charge in [0.05, 0.1) is 24.4 Å². The van der Waals surface area contributed by atoms with Crippen molar-refractivity contribution in [3.63, 3.8) is 0 Å². The summed E-state index contributed by atoms with van der Waals surface area (Å²) in [6, 6.07) is 9.30. The first kappa shape index (κ1) is 21.9. The van der Waals surface area contributed by atoms with E-state index < -0.39 is 5.60 Å². The second-order valence-corrected chi connectivity index (χ2v) is 8.15. The second kappa shape index (κ2) is 9.15. The molecule has 0 saturated carbocycles. The van der Waals surface area contributed by atoms with Crippen LogP contribution < -0.4 is 5.73 Å². The summed E-state index contributed by atoms with van der Waals surface area (Å²) < 4.78 is 7.23. The number of hydrogen-bond donors (Lipinski definition) is 2. The van der Waals surface area contributed by atoms with Crippen LogP contribution in [0.1, 0.15) is 24.0 Å². The summed E-state index contributed by atoms with van der Waals surface area (Å²) in [5.74, 6) is 6.92. The summed E-state index contributed by atoms with van der Waals surface area (Å²) in [4.78, 5) is 18.9. The molecule has 1 aliphatic heterocycles. The van der Waals surface area contributed by atoms with E-state index in [1.807, 2.05) is 18.2 Å². The van der Waals surface area contributed by atoms with Crippen molar-refractivity contribution < 1.29 is 9.84 Å². The third-order valence-corrected chi connectivity index (χ3v) is 5.56. The Kier molecular flexibility index (Phi) is 5.90. The maximum atomic E-state index is 10.7. The molecule has 1 unspecified atom stereocenters. The van der Waals surface area contributed by atoms with Crippen molar-refractivity contribution >= 4 is 16.9 Å². The van der Waals surface area contributed by atoms with Gasteiger partial charge in [0.1, 0.15) is 0 Å². The first-order valence-electron chi connectivity index (χ1n) is 10.9. The lowest BCUT2D eigenvalue weighted by atomic mass is 10.1. The molecule has 4 aromatic rings. The van der Waals surface area contributed by atoms with Gasteiger partial charge in [-0.3, -0.25) is 4.90 Å². The number of benzene rings is 1. The molecule has 0 bridgehead atoms. The van der Waals surface area contributed by atoms with E-state index in [0.717, 1.165) is 29.7 Å². The predicted octanol–water partition coefficient (Wildman–Crippen LogP) is 1.28. The zero-order valence-electron chi connectivity index (χ0n) is 18.7. The van der Waals surface area contributed by atoms with Crippen LogP contribution in [0.25, 0.3) is 16.7 Å². The van der Waals surface area contributed by atoms with Crippen LogP contribution in [0.2, 0.25) is 0 Å². The van der Waals surface area contributed by atoms with E-state index in [0.29, 0.717) is 31.1 Å². The molecule has 4 heterocycles. The minimum atomic E-state index is -1.49. The van der Waals surface area contributed by atoms with E-state index in [9.17, 15) is 5.11 Å². The molecule has 0 aliphatic carbocycles. The smallest absolute Gasteiger partial charge is 0.221 e. The Morgan fingerprint density at radius 1 is 1.12 bits per heavy atom. The summed E-state index contributed by atoms with van der Waals surface area (Å²) in [6.07, 6.45) is 4.76. The number of anilines is 1. The Balaban J connectivity index is 1.56. The largest absolute Gasteiger partial charge is 0.379 e. The van der Waals surface area contributed by atoms with Gasteiger partial charge in [-0.2, -0.15) is 10.1 Å². The van der Waals surface area contributed by atoms with E-state index in [-0.39, 0.29) is 11.8 Å². The van der Waals surface area contributed by atoms with E-state index in [2.05, 4.69) is 36.7 Å². The van der Waals surface area contributed by atoms with E-state index in [4.69, 9.17) is 15.6 Å². The fraction of sp³-hybridized carbons (Fsp3) is 0.292. The second-order valence-electron chi connectivity index (χ2n) is 8.15. The maximum Gasteiger partial charge on any atom is 0.221 e. The monoisotopic (exact) mass is 456 g/mol. The number of rotatable bonds is 4. The van der Waals surface area contributed by atoms with Gasteiger partial charge < -0.3 is 15.6 Å².